The third-order valence-corrected chi connectivity index (χ3v) is 2.98. The van der Waals surface area contributed by atoms with Crippen LogP contribution in [0.3, 0.4) is 0 Å². The SMILES string of the molecule is CC1(C)CN(c2cccc(F)c2)C(=O)C(CO)N1. The zero-order valence-electron chi connectivity index (χ0n) is 10.5. The van der Waals surface area contributed by atoms with Gasteiger partial charge in [0.1, 0.15) is 11.9 Å². The molecule has 1 amide bonds. The van der Waals surface area contributed by atoms with Crippen molar-refractivity contribution in [2.75, 3.05) is 18.1 Å². The molecule has 1 atom stereocenters. The van der Waals surface area contributed by atoms with E-state index in [-0.39, 0.29) is 23.9 Å². The first kappa shape index (κ1) is 13.0. The van der Waals surface area contributed by atoms with E-state index in [2.05, 4.69) is 5.32 Å². The van der Waals surface area contributed by atoms with E-state index >= 15 is 0 Å². The van der Waals surface area contributed by atoms with Gasteiger partial charge in [0.05, 0.1) is 6.61 Å². The highest BCUT2D eigenvalue weighted by Crippen LogP contribution is 2.23. The number of piperazine rings is 1. The molecule has 1 aliphatic heterocycles. The standard InChI is InChI=1S/C13H17FN2O2/c1-13(2)8-16(12(18)11(7-17)15-13)10-5-3-4-9(14)6-10/h3-6,11,15,17H,7-8H2,1-2H3. The molecule has 4 nitrogen and oxygen atoms in total. The molecule has 1 fully saturated rings. The van der Waals surface area contributed by atoms with Crippen molar-refractivity contribution in [3.63, 3.8) is 0 Å². The normalized spacial score (nSPS) is 23.2. The summed E-state index contributed by atoms with van der Waals surface area (Å²) in [6.07, 6.45) is 0. The number of amides is 1. The summed E-state index contributed by atoms with van der Waals surface area (Å²) in [6, 6.07) is 5.29. The largest absolute Gasteiger partial charge is 0.394 e. The minimum Gasteiger partial charge on any atom is -0.394 e. The zero-order chi connectivity index (χ0) is 13.3. The summed E-state index contributed by atoms with van der Waals surface area (Å²) in [4.78, 5) is 13.7. The molecule has 2 rings (SSSR count). The van der Waals surface area contributed by atoms with Crippen molar-refractivity contribution in [1.29, 1.82) is 0 Å². The highest BCUT2D eigenvalue weighted by atomic mass is 19.1. The van der Waals surface area contributed by atoms with Crippen LogP contribution in [-0.4, -0.2) is 35.7 Å². The van der Waals surface area contributed by atoms with Crippen molar-refractivity contribution in [2.24, 2.45) is 0 Å². The third-order valence-electron chi connectivity index (χ3n) is 2.98. The van der Waals surface area contributed by atoms with Gasteiger partial charge in [-0.25, -0.2) is 4.39 Å². The van der Waals surface area contributed by atoms with E-state index in [0.29, 0.717) is 12.2 Å². The molecule has 0 radical (unpaired) electrons. The quantitative estimate of drug-likeness (QED) is 0.822. The Kier molecular flexibility index (Phi) is 3.36. The maximum absolute atomic E-state index is 13.2. The van der Waals surface area contributed by atoms with Crippen LogP contribution in [-0.2, 0) is 4.79 Å². The van der Waals surface area contributed by atoms with Crippen LogP contribution in [0.15, 0.2) is 24.3 Å². The van der Waals surface area contributed by atoms with Crippen molar-refractivity contribution in [3.8, 4) is 0 Å². The summed E-state index contributed by atoms with van der Waals surface area (Å²) >= 11 is 0. The van der Waals surface area contributed by atoms with Crippen LogP contribution < -0.4 is 10.2 Å². The van der Waals surface area contributed by atoms with Crippen LogP contribution in [0.2, 0.25) is 0 Å². The first-order chi connectivity index (χ1) is 8.43. The summed E-state index contributed by atoms with van der Waals surface area (Å²) in [7, 11) is 0. The van der Waals surface area contributed by atoms with Gasteiger partial charge in [-0.3, -0.25) is 10.1 Å². The highest BCUT2D eigenvalue weighted by molar-refractivity contribution is 5.98. The topological polar surface area (TPSA) is 52.6 Å². The predicted octanol–water partition coefficient (Wildman–Crippen LogP) is 0.901. The molecule has 1 unspecified atom stereocenters. The number of nitrogens with one attached hydrogen (secondary N) is 1. The summed E-state index contributed by atoms with van der Waals surface area (Å²) in [5.41, 5.74) is 0.196. The molecule has 0 spiro atoms. The number of hydrogen-bond donors (Lipinski definition) is 2. The second-order valence-corrected chi connectivity index (χ2v) is 5.17. The van der Waals surface area contributed by atoms with Gasteiger partial charge in [0.25, 0.3) is 0 Å². The predicted molar refractivity (Wildman–Crippen MR) is 66.8 cm³/mol. The van der Waals surface area contributed by atoms with Crippen LogP contribution >= 0.6 is 0 Å². The highest BCUT2D eigenvalue weighted by Gasteiger charge is 2.38. The molecule has 0 aromatic heterocycles. The Labute approximate surface area is 105 Å². The van der Waals surface area contributed by atoms with E-state index in [4.69, 9.17) is 0 Å². The molecule has 1 aromatic rings. The molecule has 5 heteroatoms. The minimum absolute atomic E-state index is 0.234. The molecule has 1 aromatic carbocycles. The van der Waals surface area contributed by atoms with Gasteiger partial charge in [0, 0.05) is 17.8 Å². The van der Waals surface area contributed by atoms with E-state index in [9.17, 15) is 14.3 Å². The lowest BCUT2D eigenvalue weighted by Crippen LogP contribution is -2.66. The lowest BCUT2D eigenvalue weighted by Gasteiger charge is -2.42. The molecule has 98 valence electrons. The number of benzene rings is 1. The minimum atomic E-state index is -0.642. The first-order valence-corrected chi connectivity index (χ1v) is 5.88. The number of aliphatic hydroxyl groups is 1. The summed E-state index contributed by atoms with van der Waals surface area (Å²) < 4.78 is 13.2. The van der Waals surface area contributed by atoms with Gasteiger partial charge in [-0.1, -0.05) is 6.07 Å². The molecule has 1 aliphatic rings. The molecule has 0 aliphatic carbocycles. The summed E-state index contributed by atoms with van der Waals surface area (Å²) in [5, 5.41) is 12.3. The maximum atomic E-state index is 13.2. The van der Waals surface area contributed by atoms with Gasteiger partial charge >= 0.3 is 0 Å². The number of halogens is 1. The smallest absolute Gasteiger partial charge is 0.246 e. The zero-order valence-corrected chi connectivity index (χ0v) is 10.5. The molecule has 2 N–H and O–H groups in total. The number of anilines is 1. The number of nitrogens with zero attached hydrogens (tertiary/aromatic N) is 1. The average molecular weight is 252 g/mol. The van der Waals surface area contributed by atoms with Crippen LogP contribution in [0.4, 0.5) is 10.1 Å². The Morgan fingerprint density at radius 1 is 1.56 bits per heavy atom. The lowest BCUT2D eigenvalue weighted by atomic mass is 9.97. The summed E-state index contributed by atoms with van der Waals surface area (Å²) in [5.74, 6) is -0.611. The fraction of sp³-hybridized carbons (Fsp3) is 0.462. The molecule has 1 heterocycles. The monoisotopic (exact) mass is 252 g/mol. The van der Waals surface area contributed by atoms with E-state index in [1.165, 1.54) is 17.0 Å². The Morgan fingerprint density at radius 2 is 2.28 bits per heavy atom. The number of carbonyl (C=O) groups is 1. The van der Waals surface area contributed by atoms with Gasteiger partial charge < -0.3 is 10.0 Å². The fourth-order valence-electron chi connectivity index (χ4n) is 2.23. The molecular weight excluding hydrogens is 235 g/mol. The van der Waals surface area contributed by atoms with Gasteiger partial charge in [0.15, 0.2) is 0 Å². The van der Waals surface area contributed by atoms with Crippen LogP contribution in [0, 0.1) is 5.82 Å². The molecule has 1 saturated heterocycles. The van der Waals surface area contributed by atoms with E-state index in [1.54, 1.807) is 12.1 Å². The van der Waals surface area contributed by atoms with Crippen molar-refractivity contribution in [3.05, 3.63) is 30.1 Å². The summed E-state index contributed by atoms with van der Waals surface area (Å²) in [6.45, 7) is 4.04. The molecule has 0 bridgehead atoms. The number of rotatable bonds is 2. The number of carbonyl (C=O) groups excluding carboxylic acids is 1. The number of aliphatic hydroxyl groups excluding tert-OH is 1. The van der Waals surface area contributed by atoms with Crippen molar-refractivity contribution in [2.45, 2.75) is 25.4 Å². The van der Waals surface area contributed by atoms with Gasteiger partial charge in [-0.05, 0) is 32.0 Å². The van der Waals surface area contributed by atoms with Gasteiger partial charge in [-0.2, -0.15) is 0 Å². The maximum Gasteiger partial charge on any atom is 0.246 e. The lowest BCUT2D eigenvalue weighted by molar-refractivity contribution is -0.124. The van der Waals surface area contributed by atoms with Crippen molar-refractivity contribution in [1.82, 2.24) is 5.32 Å². The van der Waals surface area contributed by atoms with E-state index < -0.39 is 6.04 Å². The Balaban J connectivity index is 2.33. The molecular formula is C13H17FN2O2. The van der Waals surface area contributed by atoms with Crippen molar-refractivity contribution < 1.29 is 14.3 Å². The Morgan fingerprint density at radius 3 is 2.89 bits per heavy atom. The van der Waals surface area contributed by atoms with E-state index in [1.807, 2.05) is 13.8 Å². The Bertz CT molecular complexity index is 462. The molecule has 18 heavy (non-hydrogen) atoms. The number of hydrogen-bond acceptors (Lipinski definition) is 3. The fourth-order valence-corrected chi connectivity index (χ4v) is 2.23. The molecule has 0 saturated carbocycles. The van der Waals surface area contributed by atoms with Gasteiger partial charge in [0.2, 0.25) is 5.91 Å². The Hall–Kier alpha value is -1.46. The van der Waals surface area contributed by atoms with Crippen molar-refractivity contribution >= 4 is 11.6 Å². The second-order valence-electron chi connectivity index (χ2n) is 5.17. The second kappa shape index (κ2) is 4.66. The third kappa shape index (κ3) is 2.52. The van der Waals surface area contributed by atoms with Gasteiger partial charge in [-0.15, -0.1) is 0 Å². The average Bonchev–Trinajstić information content (AvgIpc) is 2.31. The first-order valence-electron chi connectivity index (χ1n) is 5.88. The van der Waals surface area contributed by atoms with Crippen LogP contribution in [0.5, 0.6) is 0 Å². The van der Waals surface area contributed by atoms with Crippen LogP contribution in [0.1, 0.15) is 13.8 Å². The van der Waals surface area contributed by atoms with E-state index in [0.717, 1.165) is 0 Å². The van der Waals surface area contributed by atoms with Crippen LogP contribution in [0.25, 0.3) is 0 Å².